The largest absolute Gasteiger partial charge is 0.492 e. The maximum absolute atomic E-state index is 13.2. The molecule has 0 saturated heterocycles. The summed E-state index contributed by atoms with van der Waals surface area (Å²) in [5, 5.41) is 9.50. The molecule has 0 aliphatic rings. The summed E-state index contributed by atoms with van der Waals surface area (Å²) in [6.45, 7) is 4.26. The van der Waals surface area contributed by atoms with E-state index in [4.69, 9.17) is 0 Å². The highest BCUT2D eigenvalue weighted by atomic mass is 19.1. The Morgan fingerprint density at radius 2 is 2.06 bits per heavy atom. The van der Waals surface area contributed by atoms with Gasteiger partial charge in [0, 0.05) is 6.54 Å². The summed E-state index contributed by atoms with van der Waals surface area (Å²) in [5.74, 6) is -2.00. The summed E-state index contributed by atoms with van der Waals surface area (Å²) in [6.07, 6.45) is 3.78. The lowest BCUT2D eigenvalue weighted by molar-refractivity contribution is 0.315. The Hall–Kier alpha value is -1.59. The van der Waals surface area contributed by atoms with Gasteiger partial charge in [0.05, 0.1) is 0 Å². The molecule has 0 spiro atoms. The first-order valence-corrected chi connectivity index (χ1v) is 6.22. The Bertz CT molecular complexity index is 507. The predicted octanol–water partition coefficient (Wildman–Crippen LogP) is 1.60. The molecule has 5 nitrogen and oxygen atoms in total. The van der Waals surface area contributed by atoms with Gasteiger partial charge in [0.2, 0.25) is 11.7 Å². The number of nitrogens with zero attached hydrogens (tertiary/aromatic N) is 1. The second-order valence-corrected chi connectivity index (χ2v) is 4.42. The molecule has 18 heavy (non-hydrogen) atoms. The van der Waals surface area contributed by atoms with Crippen LogP contribution in [-0.4, -0.2) is 14.7 Å². The van der Waals surface area contributed by atoms with Gasteiger partial charge in [0.1, 0.15) is 0 Å². The highest BCUT2D eigenvalue weighted by molar-refractivity contribution is 5.09. The van der Waals surface area contributed by atoms with Crippen LogP contribution < -0.4 is 11.2 Å². The molecule has 0 aliphatic carbocycles. The highest BCUT2D eigenvalue weighted by Gasteiger charge is 2.16. The molecule has 1 unspecified atom stereocenters. The number of aromatic amines is 1. The molecule has 1 atom stereocenters. The second-order valence-electron chi connectivity index (χ2n) is 4.42. The van der Waals surface area contributed by atoms with Crippen LogP contribution in [0.25, 0.3) is 0 Å². The summed E-state index contributed by atoms with van der Waals surface area (Å²) < 4.78 is 14.1. The average Bonchev–Trinajstić information content (AvgIpc) is 2.35. The molecule has 1 aromatic rings. The lowest BCUT2D eigenvalue weighted by atomic mass is 9.99. The van der Waals surface area contributed by atoms with Crippen LogP contribution in [0.15, 0.2) is 9.59 Å². The van der Waals surface area contributed by atoms with Crippen molar-refractivity contribution >= 4 is 0 Å². The van der Waals surface area contributed by atoms with Crippen LogP contribution in [-0.2, 0) is 6.54 Å². The third kappa shape index (κ3) is 3.21. The van der Waals surface area contributed by atoms with Crippen LogP contribution in [0.4, 0.5) is 4.39 Å². The molecule has 0 aromatic carbocycles. The summed E-state index contributed by atoms with van der Waals surface area (Å²) in [6, 6.07) is 0. The first kappa shape index (κ1) is 14.5. The van der Waals surface area contributed by atoms with E-state index in [1.165, 1.54) is 0 Å². The number of hydrogen-bond acceptors (Lipinski definition) is 3. The Morgan fingerprint density at radius 1 is 1.39 bits per heavy atom. The van der Waals surface area contributed by atoms with E-state index >= 15 is 0 Å². The van der Waals surface area contributed by atoms with E-state index in [1.54, 1.807) is 0 Å². The number of aromatic hydroxyl groups is 1. The molecule has 0 bridgehead atoms. The lowest BCUT2D eigenvalue weighted by Crippen LogP contribution is -2.33. The fourth-order valence-electron chi connectivity index (χ4n) is 1.88. The second kappa shape index (κ2) is 6.37. The predicted molar refractivity (Wildman–Crippen MR) is 66.3 cm³/mol. The van der Waals surface area contributed by atoms with Crippen LogP contribution in [0.1, 0.15) is 39.5 Å². The molecule has 1 heterocycles. The molecule has 6 heteroatoms. The average molecular weight is 258 g/mol. The van der Waals surface area contributed by atoms with Crippen LogP contribution in [0.3, 0.4) is 0 Å². The normalized spacial score (nSPS) is 12.6. The quantitative estimate of drug-likeness (QED) is 0.813. The number of unbranched alkanes of at least 4 members (excludes halogenated alkanes) is 1. The first-order valence-electron chi connectivity index (χ1n) is 6.22. The van der Waals surface area contributed by atoms with Gasteiger partial charge < -0.3 is 5.11 Å². The summed E-state index contributed by atoms with van der Waals surface area (Å²) in [5.41, 5.74) is -1.95. The van der Waals surface area contributed by atoms with E-state index in [2.05, 4.69) is 6.92 Å². The number of aromatic nitrogens is 2. The van der Waals surface area contributed by atoms with Gasteiger partial charge in [-0.1, -0.05) is 33.1 Å². The smallest absolute Gasteiger partial charge is 0.331 e. The number of halogens is 1. The maximum atomic E-state index is 13.2. The molecule has 0 saturated carbocycles. The molecule has 0 amide bonds. The minimum Gasteiger partial charge on any atom is -0.492 e. The first-order chi connectivity index (χ1) is 8.51. The SMILES string of the molecule is CCCCC(CC)Cn1c(O)c(F)c(=O)[nH]c1=O. The topological polar surface area (TPSA) is 75.1 Å². The minimum absolute atomic E-state index is 0.179. The van der Waals surface area contributed by atoms with Gasteiger partial charge in [-0.25, -0.2) is 4.79 Å². The summed E-state index contributed by atoms with van der Waals surface area (Å²) >= 11 is 0. The minimum atomic E-state index is -1.31. The molecule has 2 N–H and O–H groups in total. The third-order valence-corrected chi connectivity index (χ3v) is 3.10. The van der Waals surface area contributed by atoms with Gasteiger partial charge >= 0.3 is 5.69 Å². The monoisotopic (exact) mass is 258 g/mol. The zero-order chi connectivity index (χ0) is 13.7. The molecule has 0 radical (unpaired) electrons. The van der Waals surface area contributed by atoms with Crippen molar-refractivity contribution in [3.63, 3.8) is 0 Å². The van der Waals surface area contributed by atoms with E-state index in [0.29, 0.717) is 0 Å². The van der Waals surface area contributed by atoms with Gasteiger partial charge in [0.25, 0.3) is 5.56 Å². The van der Waals surface area contributed by atoms with Crippen molar-refractivity contribution in [1.29, 1.82) is 0 Å². The molecule has 102 valence electrons. The van der Waals surface area contributed by atoms with Crippen molar-refractivity contribution in [3.05, 3.63) is 26.7 Å². The molecule has 0 aliphatic heterocycles. The fraction of sp³-hybridized carbons (Fsp3) is 0.667. The molecule has 0 fully saturated rings. The van der Waals surface area contributed by atoms with Crippen molar-refractivity contribution in [2.75, 3.05) is 0 Å². The number of hydrogen-bond donors (Lipinski definition) is 2. The number of rotatable bonds is 6. The Labute approximate surface area is 104 Å². The van der Waals surface area contributed by atoms with E-state index in [1.807, 2.05) is 11.9 Å². The number of nitrogens with one attached hydrogen (secondary N) is 1. The summed E-state index contributed by atoms with van der Waals surface area (Å²) in [4.78, 5) is 24.3. The molecular weight excluding hydrogens is 239 g/mol. The van der Waals surface area contributed by atoms with Crippen molar-refractivity contribution in [2.24, 2.45) is 5.92 Å². The highest BCUT2D eigenvalue weighted by Crippen LogP contribution is 2.17. The van der Waals surface area contributed by atoms with Gasteiger partial charge in [-0.2, -0.15) is 4.39 Å². The van der Waals surface area contributed by atoms with Crippen molar-refractivity contribution in [2.45, 2.75) is 46.1 Å². The standard InChI is InChI=1S/C12H19FN2O3/c1-3-5-6-8(4-2)7-15-11(17)9(13)10(16)14-12(15)18/h8,17H,3-7H2,1-2H3,(H,14,16,18). The van der Waals surface area contributed by atoms with E-state index in [9.17, 15) is 19.1 Å². The van der Waals surface area contributed by atoms with Crippen molar-refractivity contribution in [3.8, 4) is 5.88 Å². The van der Waals surface area contributed by atoms with E-state index < -0.39 is 22.9 Å². The van der Waals surface area contributed by atoms with Gasteiger partial charge in [-0.05, 0) is 12.3 Å². The lowest BCUT2D eigenvalue weighted by Gasteiger charge is -2.16. The van der Waals surface area contributed by atoms with Crippen LogP contribution >= 0.6 is 0 Å². The zero-order valence-corrected chi connectivity index (χ0v) is 10.7. The van der Waals surface area contributed by atoms with Crippen molar-refractivity contribution in [1.82, 2.24) is 9.55 Å². The molecule has 1 rings (SSSR count). The maximum Gasteiger partial charge on any atom is 0.331 e. The molecular formula is C12H19FN2O3. The summed E-state index contributed by atoms with van der Waals surface area (Å²) in [7, 11) is 0. The van der Waals surface area contributed by atoms with E-state index in [-0.39, 0.29) is 12.5 Å². The van der Waals surface area contributed by atoms with Crippen LogP contribution in [0.5, 0.6) is 5.88 Å². The number of H-pyrrole nitrogens is 1. The fourth-order valence-corrected chi connectivity index (χ4v) is 1.88. The van der Waals surface area contributed by atoms with Gasteiger partial charge in [-0.3, -0.25) is 14.3 Å². The third-order valence-electron chi connectivity index (χ3n) is 3.10. The van der Waals surface area contributed by atoms with Gasteiger partial charge in [-0.15, -0.1) is 0 Å². The van der Waals surface area contributed by atoms with Gasteiger partial charge in [0.15, 0.2) is 0 Å². The van der Waals surface area contributed by atoms with Crippen molar-refractivity contribution < 1.29 is 9.50 Å². The van der Waals surface area contributed by atoms with E-state index in [0.717, 1.165) is 30.3 Å². The van der Waals surface area contributed by atoms with Crippen LogP contribution in [0, 0.1) is 11.7 Å². The Balaban J connectivity index is 3.00. The zero-order valence-electron chi connectivity index (χ0n) is 10.7. The van der Waals surface area contributed by atoms with Crippen LogP contribution in [0.2, 0.25) is 0 Å². The Morgan fingerprint density at radius 3 is 2.61 bits per heavy atom. The molecule has 1 aromatic heterocycles. The Kier molecular flexibility index (Phi) is 5.12.